The summed E-state index contributed by atoms with van der Waals surface area (Å²) in [7, 11) is 0. The summed E-state index contributed by atoms with van der Waals surface area (Å²) >= 11 is 5.11. The fraction of sp³-hybridized carbons (Fsp3) is 0.316. The second-order valence-corrected chi connectivity index (χ2v) is 8.52. The van der Waals surface area contributed by atoms with Crippen molar-refractivity contribution in [3.63, 3.8) is 0 Å². The lowest BCUT2D eigenvalue weighted by atomic mass is 9.97. The first-order valence-corrected chi connectivity index (χ1v) is 10.5. The van der Waals surface area contributed by atoms with Crippen molar-refractivity contribution >= 4 is 37.5 Å². The van der Waals surface area contributed by atoms with Gasteiger partial charge in [0, 0.05) is 5.92 Å². The predicted molar refractivity (Wildman–Crippen MR) is 107 cm³/mol. The van der Waals surface area contributed by atoms with Crippen LogP contribution in [0.5, 0.6) is 0 Å². The summed E-state index contributed by atoms with van der Waals surface area (Å²) in [6.45, 7) is 2.68. The summed E-state index contributed by atoms with van der Waals surface area (Å²) in [6.07, 6.45) is 2.21. The molecule has 138 valence electrons. The van der Waals surface area contributed by atoms with Crippen LogP contribution in [0.2, 0.25) is 0 Å². The quantitative estimate of drug-likeness (QED) is 0.436. The summed E-state index contributed by atoms with van der Waals surface area (Å²) in [5.41, 5.74) is 1.11. The minimum absolute atomic E-state index is 0.417. The van der Waals surface area contributed by atoms with Crippen molar-refractivity contribution < 1.29 is 8.83 Å². The van der Waals surface area contributed by atoms with Crippen molar-refractivity contribution in [2.24, 2.45) is 0 Å². The number of para-hydroxylation sites is 1. The fourth-order valence-electron chi connectivity index (χ4n) is 3.44. The van der Waals surface area contributed by atoms with E-state index in [2.05, 4.69) is 55.3 Å². The molecule has 5 rings (SSSR count). The van der Waals surface area contributed by atoms with Crippen LogP contribution in [0.4, 0.5) is 0 Å². The number of thiazole rings is 1. The van der Waals surface area contributed by atoms with Gasteiger partial charge in [-0.15, -0.1) is 21.5 Å². The first-order chi connectivity index (χ1) is 13.2. The lowest BCUT2D eigenvalue weighted by Gasteiger charge is -2.29. The maximum Gasteiger partial charge on any atom is 0.283 e. The number of hydrogen-bond acceptors (Lipinski definition) is 7. The summed E-state index contributed by atoms with van der Waals surface area (Å²) < 4.78 is 13.1. The van der Waals surface area contributed by atoms with Gasteiger partial charge in [0.15, 0.2) is 10.4 Å². The maximum absolute atomic E-state index is 5.75. The largest absolute Gasteiger partial charge is 0.444 e. The molecule has 0 amide bonds. The molecule has 1 aliphatic heterocycles. The Hall–Kier alpha value is -2.03. The Kier molecular flexibility index (Phi) is 4.55. The number of aromatic nitrogens is 3. The second kappa shape index (κ2) is 7.18. The molecule has 4 aromatic rings. The Morgan fingerprint density at radius 3 is 2.70 bits per heavy atom. The molecule has 8 heteroatoms. The molecule has 0 bridgehead atoms. The van der Waals surface area contributed by atoms with Crippen molar-refractivity contribution in [3.8, 4) is 11.7 Å². The molecule has 4 heterocycles. The number of rotatable bonds is 4. The summed E-state index contributed by atoms with van der Waals surface area (Å²) in [4.78, 5) is 7.19. The van der Waals surface area contributed by atoms with Crippen LogP contribution in [0.1, 0.15) is 29.7 Å². The van der Waals surface area contributed by atoms with Gasteiger partial charge >= 0.3 is 0 Å². The van der Waals surface area contributed by atoms with Crippen LogP contribution in [0.25, 0.3) is 21.9 Å². The van der Waals surface area contributed by atoms with Gasteiger partial charge in [-0.2, -0.15) is 0 Å². The molecule has 0 unspecified atom stereocenters. The van der Waals surface area contributed by atoms with E-state index in [9.17, 15) is 0 Å². The lowest BCUT2D eigenvalue weighted by molar-refractivity contribution is 0.188. The smallest absolute Gasteiger partial charge is 0.283 e. The number of halogens is 1. The van der Waals surface area contributed by atoms with Crippen LogP contribution >= 0.6 is 27.3 Å². The highest BCUT2D eigenvalue weighted by atomic mass is 79.9. The van der Waals surface area contributed by atoms with Crippen LogP contribution in [0.15, 0.2) is 49.9 Å². The molecular formula is C19H17BrN4O2S. The van der Waals surface area contributed by atoms with Gasteiger partial charge in [0.05, 0.1) is 21.8 Å². The number of furan rings is 1. The third-order valence-electron chi connectivity index (χ3n) is 4.86. The van der Waals surface area contributed by atoms with Crippen molar-refractivity contribution in [3.05, 3.63) is 52.0 Å². The number of likely N-dealkylation sites (tertiary alicyclic amines) is 1. The molecule has 0 spiro atoms. The van der Waals surface area contributed by atoms with E-state index in [0.717, 1.165) is 31.4 Å². The highest BCUT2D eigenvalue weighted by molar-refractivity contribution is 9.10. The van der Waals surface area contributed by atoms with Gasteiger partial charge in [-0.05, 0) is 66.1 Å². The summed E-state index contributed by atoms with van der Waals surface area (Å²) in [5.74, 6) is 2.16. The Bertz CT molecular complexity index is 1030. The molecule has 0 radical (unpaired) electrons. The summed E-state index contributed by atoms with van der Waals surface area (Å²) in [5, 5.41) is 9.51. The van der Waals surface area contributed by atoms with Crippen molar-refractivity contribution in [2.75, 3.05) is 13.1 Å². The van der Waals surface area contributed by atoms with Crippen LogP contribution in [-0.4, -0.2) is 33.2 Å². The molecule has 0 N–H and O–H groups in total. The Morgan fingerprint density at radius 2 is 1.93 bits per heavy atom. The monoisotopic (exact) mass is 444 g/mol. The minimum Gasteiger partial charge on any atom is -0.444 e. The Morgan fingerprint density at radius 1 is 1.07 bits per heavy atom. The van der Waals surface area contributed by atoms with Gasteiger partial charge in [0.2, 0.25) is 5.89 Å². The highest BCUT2D eigenvalue weighted by Gasteiger charge is 2.24. The minimum atomic E-state index is 0.417. The standard InChI is InChI=1S/C19H17BrN4O2S/c20-16-6-5-14(25-16)18-23-22-17(26-18)11-24-9-7-12(8-10-24)19-21-13-3-1-2-4-15(13)27-19/h1-6,12H,7-11H2. The molecular weight excluding hydrogens is 428 g/mol. The zero-order valence-electron chi connectivity index (χ0n) is 14.5. The number of benzene rings is 1. The van der Waals surface area contributed by atoms with Crippen molar-refractivity contribution in [2.45, 2.75) is 25.3 Å². The van der Waals surface area contributed by atoms with E-state index in [0.29, 0.717) is 34.7 Å². The van der Waals surface area contributed by atoms with E-state index >= 15 is 0 Å². The normalized spacial score (nSPS) is 16.3. The zero-order valence-corrected chi connectivity index (χ0v) is 16.9. The Balaban J connectivity index is 1.21. The van der Waals surface area contributed by atoms with Crippen LogP contribution in [-0.2, 0) is 6.54 Å². The molecule has 27 heavy (non-hydrogen) atoms. The zero-order chi connectivity index (χ0) is 18.2. The Labute approximate surface area is 168 Å². The van der Waals surface area contributed by atoms with Crippen molar-refractivity contribution in [1.82, 2.24) is 20.1 Å². The lowest BCUT2D eigenvalue weighted by Crippen LogP contribution is -2.32. The van der Waals surface area contributed by atoms with Gasteiger partial charge in [-0.25, -0.2) is 4.98 Å². The molecule has 0 saturated carbocycles. The topological polar surface area (TPSA) is 68.2 Å². The average Bonchev–Trinajstić information content (AvgIpc) is 3.41. The van der Waals surface area contributed by atoms with Crippen molar-refractivity contribution in [1.29, 1.82) is 0 Å². The van der Waals surface area contributed by atoms with Crippen LogP contribution in [0, 0.1) is 0 Å². The van der Waals surface area contributed by atoms with Gasteiger partial charge in [-0.1, -0.05) is 12.1 Å². The van der Waals surface area contributed by atoms with E-state index in [4.69, 9.17) is 13.8 Å². The second-order valence-electron chi connectivity index (χ2n) is 6.67. The predicted octanol–water partition coefficient (Wildman–Crippen LogP) is 5.08. The number of hydrogen-bond donors (Lipinski definition) is 0. The first kappa shape index (κ1) is 17.1. The molecule has 1 aliphatic rings. The number of fused-ring (bicyclic) bond motifs is 1. The van der Waals surface area contributed by atoms with E-state index in [-0.39, 0.29) is 0 Å². The van der Waals surface area contributed by atoms with Crippen LogP contribution < -0.4 is 0 Å². The van der Waals surface area contributed by atoms with E-state index in [1.54, 1.807) is 0 Å². The molecule has 0 aliphatic carbocycles. The van der Waals surface area contributed by atoms with Gasteiger partial charge in [0.25, 0.3) is 5.89 Å². The van der Waals surface area contributed by atoms with E-state index in [1.165, 1.54) is 9.71 Å². The molecule has 1 fully saturated rings. The highest BCUT2D eigenvalue weighted by Crippen LogP contribution is 2.34. The van der Waals surface area contributed by atoms with Crippen LogP contribution in [0.3, 0.4) is 0 Å². The third kappa shape index (κ3) is 3.56. The van der Waals surface area contributed by atoms with Gasteiger partial charge in [0.1, 0.15) is 0 Å². The average molecular weight is 445 g/mol. The molecule has 6 nitrogen and oxygen atoms in total. The fourth-order valence-corrected chi connectivity index (χ4v) is 4.88. The van der Waals surface area contributed by atoms with Gasteiger partial charge in [-0.3, -0.25) is 4.90 Å². The van der Waals surface area contributed by atoms with Gasteiger partial charge < -0.3 is 8.83 Å². The molecule has 1 aromatic carbocycles. The number of nitrogens with zero attached hydrogens (tertiary/aromatic N) is 4. The van der Waals surface area contributed by atoms with E-state index in [1.807, 2.05) is 23.5 Å². The van der Waals surface area contributed by atoms with E-state index < -0.39 is 0 Å². The third-order valence-corrected chi connectivity index (χ3v) is 6.48. The maximum atomic E-state index is 5.75. The number of piperidine rings is 1. The SMILES string of the molecule is Brc1ccc(-c2nnc(CN3CCC(c4nc5ccccc5s4)CC3)o2)o1. The first-order valence-electron chi connectivity index (χ1n) is 8.90. The summed E-state index contributed by atoms with van der Waals surface area (Å²) in [6, 6.07) is 12.0. The molecule has 0 atom stereocenters. The molecule has 3 aromatic heterocycles. The molecule has 1 saturated heterocycles.